The highest BCUT2D eigenvalue weighted by Gasteiger charge is 2.22. The molecule has 1 saturated carbocycles. The van der Waals surface area contributed by atoms with Crippen molar-refractivity contribution in [2.24, 2.45) is 0 Å². The summed E-state index contributed by atoms with van der Waals surface area (Å²) in [5.74, 6) is 0.985. The Morgan fingerprint density at radius 2 is 1.90 bits per heavy atom. The minimum absolute atomic E-state index is 0.0860. The topological polar surface area (TPSA) is 47.6 Å². The first kappa shape index (κ1) is 13.6. The van der Waals surface area contributed by atoms with Gasteiger partial charge < -0.3 is 14.8 Å². The van der Waals surface area contributed by atoms with Crippen LogP contribution in [0.15, 0.2) is 12.1 Å². The summed E-state index contributed by atoms with van der Waals surface area (Å²) in [6, 6.07) is 3.61. The summed E-state index contributed by atoms with van der Waals surface area (Å²) >= 11 is 6.10. The van der Waals surface area contributed by atoms with Crippen molar-refractivity contribution in [2.75, 3.05) is 6.79 Å². The molecule has 1 amide bonds. The monoisotopic (exact) mass is 295 g/mol. The number of amides is 1. The Bertz CT molecular complexity index is 510. The van der Waals surface area contributed by atoms with Gasteiger partial charge in [0.05, 0.1) is 5.02 Å². The molecule has 1 aromatic carbocycles. The molecule has 3 rings (SSSR count). The van der Waals surface area contributed by atoms with Crippen molar-refractivity contribution in [3.05, 3.63) is 22.7 Å². The number of benzene rings is 1. The molecule has 1 fully saturated rings. The lowest BCUT2D eigenvalue weighted by atomic mass is 10.1. The van der Waals surface area contributed by atoms with Gasteiger partial charge in [-0.25, -0.2) is 0 Å². The van der Waals surface area contributed by atoms with Crippen LogP contribution < -0.4 is 14.8 Å². The molecule has 2 aliphatic rings. The Morgan fingerprint density at radius 1 is 1.15 bits per heavy atom. The van der Waals surface area contributed by atoms with E-state index in [9.17, 15) is 4.79 Å². The highest BCUT2D eigenvalue weighted by molar-refractivity contribution is 6.32. The number of nitrogens with one attached hydrogen (secondary N) is 1. The number of hydrogen-bond acceptors (Lipinski definition) is 3. The lowest BCUT2D eigenvalue weighted by molar-refractivity contribution is 0.0933. The first-order chi connectivity index (χ1) is 9.74. The summed E-state index contributed by atoms with van der Waals surface area (Å²) in [6.45, 7) is 0.156. The van der Waals surface area contributed by atoms with Crippen LogP contribution in [0.2, 0.25) is 5.02 Å². The van der Waals surface area contributed by atoms with E-state index < -0.39 is 0 Å². The predicted molar refractivity (Wildman–Crippen MR) is 76.5 cm³/mol. The summed E-state index contributed by atoms with van der Waals surface area (Å²) in [7, 11) is 0. The molecule has 5 heteroatoms. The van der Waals surface area contributed by atoms with Crippen molar-refractivity contribution >= 4 is 17.5 Å². The second-order valence-corrected chi connectivity index (χ2v) is 5.76. The van der Waals surface area contributed by atoms with Crippen molar-refractivity contribution in [3.8, 4) is 11.5 Å². The quantitative estimate of drug-likeness (QED) is 0.849. The minimum atomic E-state index is -0.0860. The summed E-state index contributed by atoms with van der Waals surface area (Å²) in [6.07, 6.45) is 7.03. The molecule has 0 bridgehead atoms. The third-order valence-corrected chi connectivity index (χ3v) is 4.16. The van der Waals surface area contributed by atoms with Crippen molar-refractivity contribution in [3.63, 3.8) is 0 Å². The lowest BCUT2D eigenvalue weighted by Gasteiger charge is -2.16. The third kappa shape index (κ3) is 2.85. The molecule has 20 heavy (non-hydrogen) atoms. The maximum Gasteiger partial charge on any atom is 0.251 e. The fourth-order valence-electron chi connectivity index (χ4n) is 2.79. The molecule has 0 atom stereocenters. The van der Waals surface area contributed by atoms with Crippen LogP contribution in [0.3, 0.4) is 0 Å². The molecule has 0 unspecified atom stereocenters. The second kappa shape index (κ2) is 5.92. The molecule has 0 spiro atoms. The maximum atomic E-state index is 12.3. The molecule has 0 radical (unpaired) electrons. The van der Waals surface area contributed by atoms with Gasteiger partial charge in [-0.05, 0) is 25.0 Å². The van der Waals surface area contributed by atoms with E-state index in [4.69, 9.17) is 21.1 Å². The van der Waals surface area contributed by atoms with Crippen LogP contribution in [-0.2, 0) is 0 Å². The van der Waals surface area contributed by atoms with Gasteiger partial charge in [0.1, 0.15) is 0 Å². The number of halogens is 1. The van der Waals surface area contributed by atoms with Gasteiger partial charge in [0, 0.05) is 11.6 Å². The van der Waals surface area contributed by atoms with E-state index >= 15 is 0 Å². The average Bonchev–Trinajstić information content (AvgIpc) is 2.77. The maximum absolute atomic E-state index is 12.3. The standard InChI is InChI=1S/C15H18ClNO3/c16-12-7-10(8-13-14(12)20-9-19-13)15(18)17-11-5-3-1-2-4-6-11/h7-8,11H,1-6,9H2,(H,17,18). The highest BCUT2D eigenvalue weighted by Crippen LogP contribution is 2.39. The van der Waals surface area contributed by atoms with Crippen LogP contribution in [0.25, 0.3) is 0 Å². The summed E-state index contributed by atoms with van der Waals surface area (Å²) in [4.78, 5) is 12.3. The zero-order valence-electron chi connectivity index (χ0n) is 11.3. The smallest absolute Gasteiger partial charge is 0.251 e. The molecule has 1 heterocycles. The van der Waals surface area contributed by atoms with E-state index in [2.05, 4.69) is 5.32 Å². The molecule has 1 aliphatic carbocycles. The fraction of sp³-hybridized carbons (Fsp3) is 0.533. The van der Waals surface area contributed by atoms with Gasteiger partial charge in [0.15, 0.2) is 11.5 Å². The van der Waals surface area contributed by atoms with Crippen LogP contribution in [0.1, 0.15) is 48.9 Å². The Kier molecular flexibility index (Phi) is 4.01. The van der Waals surface area contributed by atoms with Gasteiger partial charge in [0.2, 0.25) is 6.79 Å². The Balaban J connectivity index is 1.72. The van der Waals surface area contributed by atoms with Crippen LogP contribution in [0, 0.1) is 0 Å². The molecule has 4 nitrogen and oxygen atoms in total. The SMILES string of the molecule is O=C(NC1CCCCCC1)c1cc(Cl)c2c(c1)OCO2. The van der Waals surface area contributed by atoms with Crippen LogP contribution >= 0.6 is 11.6 Å². The van der Waals surface area contributed by atoms with Crippen LogP contribution in [-0.4, -0.2) is 18.7 Å². The third-order valence-electron chi connectivity index (χ3n) is 3.88. The number of rotatable bonds is 2. The van der Waals surface area contributed by atoms with Crippen molar-refractivity contribution < 1.29 is 14.3 Å². The van der Waals surface area contributed by atoms with Gasteiger partial charge in [-0.2, -0.15) is 0 Å². The molecular formula is C15H18ClNO3. The summed E-state index contributed by atoms with van der Waals surface area (Å²) in [5, 5.41) is 3.52. The van der Waals surface area contributed by atoms with Crippen LogP contribution in [0.5, 0.6) is 11.5 Å². The summed E-state index contributed by atoms with van der Waals surface area (Å²) < 4.78 is 10.5. The Labute approximate surface area is 123 Å². The van der Waals surface area contributed by atoms with Crippen molar-refractivity contribution in [1.29, 1.82) is 0 Å². The van der Waals surface area contributed by atoms with Gasteiger partial charge in [-0.1, -0.05) is 37.3 Å². The van der Waals surface area contributed by atoms with Gasteiger partial charge >= 0.3 is 0 Å². The molecule has 1 aliphatic heterocycles. The molecule has 1 aromatic rings. The zero-order valence-corrected chi connectivity index (χ0v) is 12.0. The lowest BCUT2D eigenvalue weighted by Crippen LogP contribution is -2.34. The largest absolute Gasteiger partial charge is 0.454 e. The number of ether oxygens (including phenoxy) is 2. The summed E-state index contributed by atoms with van der Waals surface area (Å²) in [5.41, 5.74) is 0.531. The second-order valence-electron chi connectivity index (χ2n) is 5.35. The number of hydrogen-bond donors (Lipinski definition) is 1. The van der Waals surface area contributed by atoms with E-state index in [1.165, 1.54) is 25.7 Å². The van der Waals surface area contributed by atoms with E-state index in [1.54, 1.807) is 12.1 Å². The highest BCUT2D eigenvalue weighted by atomic mass is 35.5. The van der Waals surface area contributed by atoms with Crippen molar-refractivity contribution in [2.45, 2.75) is 44.6 Å². The van der Waals surface area contributed by atoms with E-state index in [1.807, 2.05) is 0 Å². The van der Waals surface area contributed by atoms with E-state index in [0.29, 0.717) is 22.1 Å². The van der Waals surface area contributed by atoms with Gasteiger partial charge in [-0.3, -0.25) is 4.79 Å². The normalized spacial score (nSPS) is 18.6. The minimum Gasteiger partial charge on any atom is -0.454 e. The van der Waals surface area contributed by atoms with Crippen molar-refractivity contribution in [1.82, 2.24) is 5.32 Å². The first-order valence-corrected chi connectivity index (χ1v) is 7.52. The predicted octanol–water partition coefficient (Wildman–Crippen LogP) is 3.52. The molecule has 1 N–H and O–H groups in total. The van der Waals surface area contributed by atoms with Gasteiger partial charge in [-0.15, -0.1) is 0 Å². The zero-order chi connectivity index (χ0) is 13.9. The fourth-order valence-corrected chi connectivity index (χ4v) is 3.06. The average molecular weight is 296 g/mol. The van der Waals surface area contributed by atoms with Crippen LogP contribution in [0.4, 0.5) is 0 Å². The van der Waals surface area contributed by atoms with E-state index in [-0.39, 0.29) is 18.7 Å². The number of carbonyl (C=O) groups excluding carboxylic acids is 1. The molecule has 0 saturated heterocycles. The molecular weight excluding hydrogens is 278 g/mol. The first-order valence-electron chi connectivity index (χ1n) is 7.14. The van der Waals surface area contributed by atoms with Gasteiger partial charge in [0.25, 0.3) is 5.91 Å². The Hall–Kier alpha value is -1.42. The number of fused-ring (bicyclic) bond motifs is 1. The number of carbonyl (C=O) groups is 1. The van der Waals surface area contributed by atoms with E-state index in [0.717, 1.165) is 12.8 Å². The Morgan fingerprint density at radius 3 is 2.65 bits per heavy atom. The molecule has 0 aromatic heterocycles. The molecule has 108 valence electrons.